The highest BCUT2D eigenvalue weighted by Gasteiger charge is 2.64. The Labute approximate surface area is 190 Å². The monoisotopic (exact) mass is 447 g/mol. The summed E-state index contributed by atoms with van der Waals surface area (Å²) in [5, 5.41) is 12.4. The molecule has 2 aliphatic carbocycles. The number of ether oxygens (including phenoxy) is 1. The Morgan fingerprint density at radius 2 is 2.19 bits per heavy atom. The van der Waals surface area contributed by atoms with Crippen LogP contribution in [0.25, 0.3) is 16.4 Å². The molecule has 7 heteroatoms. The van der Waals surface area contributed by atoms with Gasteiger partial charge in [0.25, 0.3) is 0 Å². The number of aromatic nitrogens is 2. The summed E-state index contributed by atoms with van der Waals surface area (Å²) in [6.45, 7) is 0.980. The third-order valence-electron chi connectivity index (χ3n) is 8.22. The molecule has 0 unspecified atom stereocenters. The van der Waals surface area contributed by atoms with Gasteiger partial charge in [-0.25, -0.2) is 4.98 Å². The maximum atomic E-state index is 12.4. The van der Waals surface area contributed by atoms with E-state index in [9.17, 15) is 5.11 Å². The van der Waals surface area contributed by atoms with E-state index in [1.807, 2.05) is 12.1 Å². The summed E-state index contributed by atoms with van der Waals surface area (Å²) >= 11 is 1.70. The molecule has 1 saturated heterocycles. The SMILES string of the molecule is COc1ccc2c(c1)[C@@]13CCN(C)[C@@H](C2)[C@]1(O)Cc1sc2nc(-c4ccco4)cn2c1C3. The van der Waals surface area contributed by atoms with Gasteiger partial charge in [0.05, 0.1) is 19.0 Å². The van der Waals surface area contributed by atoms with Crippen LogP contribution in [0.3, 0.4) is 0 Å². The second-order valence-corrected chi connectivity index (χ2v) is 10.6. The number of thiazole rings is 1. The standard InChI is InChI=1S/C25H25N3O3S/c1-27-8-7-24-12-19-21(32-23-26-18(14-28(19)23)20-4-3-9-31-20)13-25(24,29)22(27)10-15-5-6-16(30-2)11-17(15)24/h3-6,9,11,14,22,29H,7-8,10,12-13H2,1-2H3/t22-,24-,25+/m0/s1. The predicted molar refractivity (Wildman–Crippen MR) is 123 cm³/mol. The zero-order chi connectivity index (χ0) is 21.7. The number of piperidine rings is 1. The number of hydrogen-bond donors (Lipinski definition) is 1. The van der Waals surface area contributed by atoms with Gasteiger partial charge in [-0.2, -0.15) is 0 Å². The molecule has 2 bridgehead atoms. The van der Waals surface area contributed by atoms with Crippen molar-refractivity contribution in [2.45, 2.75) is 42.7 Å². The van der Waals surface area contributed by atoms with E-state index in [4.69, 9.17) is 14.1 Å². The van der Waals surface area contributed by atoms with Crippen molar-refractivity contribution in [3.8, 4) is 17.2 Å². The molecule has 3 aromatic heterocycles. The molecule has 4 heterocycles. The number of imidazole rings is 1. The first-order valence-corrected chi connectivity index (χ1v) is 12.0. The van der Waals surface area contributed by atoms with Gasteiger partial charge < -0.3 is 19.2 Å². The Kier molecular flexibility index (Phi) is 3.69. The van der Waals surface area contributed by atoms with Crippen LogP contribution in [0.15, 0.2) is 47.2 Å². The number of methoxy groups -OCH3 is 1. The Balaban J connectivity index is 1.44. The molecule has 0 saturated carbocycles. The van der Waals surface area contributed by atoms with E-state index in [0.29, 0.717) is 6.42 Å². The number of benzene rings is 1. The van der Waals surface area contributed by atoms with Crippen LogP contribution in [0.1, 0.15) is 28.1 Å². The van der Waals surface area contributed by atoms with Gasteiger partial charge in [-0.05, 0) is 61.8 Å². The molecule has 1 aliphatic heterocycles. The minimum Gasteiger partial charge on any atom is -0.497 e. The van der Waals surface area contributed by atoms with Gasteiger partial charge in [0.15, 0.2) is 10.7 Å². The van der Waals surface area contributed by atoms with E-state index in [0.717, 1.165) is 48.0 Å². The molecule has 7 rings (SSSR count). The van der Waals surface area contributed by atoms with Crippen molar-refractivity contribution >= 4 is 16.3 Å². The normalized spacial score (nSPS) is 28.9. The molecule has 3 aliphatic rings. The molecule has 32 heavy (non-hydrogen) atoms. The molecule has 0 amide bonds. The van der Waals surface area contributed by atoms with Gasteiger partial charge >= 0.3 is 0 Å². The lowest BCUT2D eigenvalue weighted by atomic mass is 9.50. The van der Waals surface area contributed by atoms with E-state index in [1.165, 1.54) is 21.7 Å². The number of aliphatic hydroxyl groups is 1. The number of fused-ring (bicyclic) bond motifs is 4. The Morgan fingerprint density at radius 1 is 1.28 bits per heavy atom. The number of likely N-dealkylation sites (tertiary alicyclic amines) is 1. The molecule has 1 N–H and O–H groups in total. The third-order valence-corrected chi connectivity index (χ3v) is 9.32. The van der Waals surface area contributed by atoms with Gasteiger partial charge in [0.2, 0.25) is 0 Å². The maximum absolute atomic E-state index is 12.4. The predicted octanol–water partition coefficient (Wildman–Crippen LogP) is 3.69. The van der Waals surface area contributed by atoms with Gasteiger partial charge in [-0.15, -0.1) is 11.3 Å². The maximum Gasteiger partial charge on any atom is 0.194 e. The quantitative estimate of drug-likeness (QED) is 0.508. The number of nitrogens with zero attached hydrogens (tertiary/aromatic N) is 3. The molecule has 0 radical (unpaired) electrons. The van der Waals surface area contributed by atoms with Crippen LogP contribution in [0.4, 0.5) is 0 Å². The van der Waals surface area contributed by atoms with Crippen molar-refractivity contribution in [2.75, 3.05) is 20.7 Å². The van der Waals surface area contributed by atoms with Gasteiger partial charge in [0.1, 0.15) is 11.4 Å². The van der Waals surface area contributed by atoms with Gasteiger partial charge in [-0.3, -0.25) is 4.40 Å². The second-order valence-electron chi connectivity index (χ2n) is 9.56. The summed E-state index contributed by atoms with van der Waals surface area (Å²) in [5.74, 6) is 1.65. The Morgan fingerprint density at radius 3 is 3.00 bits per heavy atom. The minimum atomic E-state index is -0.806. The minimum absolute atomic E-state index is 0.110. The highest BCUT2D eigenvalue weighted by atomic mass is 32.1. The lowest BCUT2D eigenvalue weighted by molar-refractivity contribution is -0.144. The van der Waals surface area contributed by atoms with E-state index >= 15 is 0 Å². The van der Waals surface area contributed by atoms with Crippen LogP contribution in [-0.2, 0) is 24.7 Å². The summed E-state index contributed by atoms with van der Waals surface area (Å²) in [6.07, 6.45) is 7.03. The van der Waals surface area contributed by atoms with Gasteiger partial charge in [0, 0.05) is 41.1 Å². The molecule has 0 spiro atoms. The van der Waals surface area contributed by atoms with Crippen LogP contribution in [0, 0.1) is 0 Å². The first-order chi connectivity index (χ1) is 15.5. The molecular formula is C25H25N3O3S. The summed E-state index contributed by atoms with van der Waals surface area (Å²) in [7, 11) is 3.88. The highest BCUT2D eigenvalue weighted by molar-refractivity contribution is 7.17. The first-order valence-electron chi connectivity index (χ1n) is 11.2. The topological polar surface area (TPSA) is 63.1 Å². The van der Waals surface area contributed by atoms with Crippen LogP contribution in [0.2, 0.25) is 0 Å². The smallest absolute Gasteiger partial charge is 0.194 e. The zero-order valence-corrected chi connectivity index (χ0v) is 19.0. The van der Waals surface area contributed by atoms with Crippen molar-refractivity contribution < 1.29 is 14.3 Å². The summed E-state index contributed by atoms with van der Waals surface area (Å²) < 4.78 is 13.4. The van der Waals surface area contributed by atoms with Gasteiger partial charge in [-0.1, -0.05) is 6.07 Å². The lowest BCUT2D eigenvalue weighted by Crippen LogP contribution is -2.73. The summed E-state index contributed by atoms with van der Waals surface area (Å²) in [4.78, 5) is 9.43. The molecule has 3 atom stereocenters. The number of furan rings is 1. The van der Waals surface area contributed by atoms with E-state index < -0.39 is 5.60 Å². The number of likely N-dealkylation sites (N-methyl/N-ethyl adjacent to an activating group) is 1. The largest absolute Gasteiger partial charge is 0.497 e. The van der Waals surface area contributed by atoms with Crippen LogP contribution < -0.4 is 4.74 Å². The Bertz CT molecular complexity index is 1360. The zero-order valence-electron chi connectivity index (χ0n) is 18.2. The van der Waals surface area contributed by atoms with Crippen molar-refractivity contribution in [2.24, 2.45) is 0 Å². The fourth-order valence-corrected chi connectivity index (χ4v) is 7.79. The fraction of sp³-hybridized carbons (Fsp3) is 0.400. The third kappa shape index (κ3) is 2.23. The van der Waals surface area contributed by atoms with E-state index in [1.54, 1.807) is 24.7 Å². The average molecular weight is 448 g/mol. The van der Waals surface area contributed by atoms with Crippen LogP contribution >= 0.6 is 11.3 Å². The number of hydrogen-bond acceptors (Lipinski definition) is 6. The Hall–Kier alpha value is -2.61. The van der Waals surface area contributed by atoms with E-state index in [2.05, 4.69) is 40.7 Å². The van der Waals surface area contributed by atoms with Crippen molar-refractivity contribution in [1.82, 2.24) is 14.3 Å². The lowest BCUT2D eigenvalue weighted by Gasteiger charge is -2.62. The van der Waals surface area contributed by atoms with Crippen molar-refractivity contribution in [1.29, 1.82) is 0 Å². The fourth-order valence-electron chi connectivity index (χ4n) is 6.58. The average Bonchev–Trinajstić information content (AvgIpc) is 3.51. The summed E-state index contributed by atoms with van der Waals surface area (Å²) in [5.41, 5.74) is 3.60. The molecule has 1 aromatic carbocycles. The van der Waals surface area contributed by atoms with Crippen LogP contribution in [-0.4, -0.2) is 51.7 Å². The van der Waals surface area contributed by atoms with Crippen molar-refractivity contribution in [3.63, 3.8) is 0 Å². The second kappa shape index (κ2) is 6.25. The summed E-state index contributed by atoms with van der Waals surface area (Å²) in [6, 6.07) is 10.4. The molecule has 164 valence electrons. The molecular weight excluding hydrogens is 422 g/mol. The first kappa shape index (κ1) is 18.9. The highest BCUT2D eigenvalue weighted by Crippen LogP contribution is 2.58. The van der Waals surface area contributed by atoms with Crippen molar-refractivity contribution in [3.05, 3.63) is 64.5 Å². The number of rotatable bonds is 2. The molecule has 6 nitrogen and oxygen atoms in total. The molecule has 4 aromatic rings. The van der Waals surface area contributed by atoms with Crippen LogP contribution in [0.5, 0.6) is 5.75 Å². The van der Waals surface area contributed by atoms with E-state index in [-0.39, 0.29) is 11.5 Å². The molecule has 1 fully saturated rings.